The fraction of sp³-hybridized carbons (Fsp3) is 0.500. The van der Waals surface area contributed by atoms with Crippen molar-refractivity contribution in [2.75, 3.05) is 17.6 Å². The van der Waals surface area contributed by atoms with Crippen LogP contribution in [0, 0.1) is 0 Å². The number of carbonyl (C=O) groups is 1. The summed E-state index contributed by atoms with van der Waals surface area (Å²) in [5, 5.41) is 5.99. The molecule has 1 heterocycles. The zero-order valence-corrected chi connectivity index (χ0v) is 12.4. The van der Waals surface area contributed by atoms with E-state index in [2.05, 4.69) is 10.6 Å². The maximum atomic E-state index is 12.0. The number of anilines is 1. The molecular weight excluding hydrogens is 276 g/mol. The van der Waals surface area contributed by atoms with E-state index in [1.165, 1.54) is 12.1 Å². The summed E-state index contributed by atoms with van der Waals surface area (Å²) in [7, 11) is -3.19. The Morgan fingerprint density at radius 3 is 2.55 bits per heavy atom. The molecule has 0 bridgehead atoms. The van der Waals surface area contributed by atoms with E-state index < -0.39 is 9.84 Å². The van der Waals surface area contributed by atoms with Crippen LogP contribution in [0.15, 0.2) is 29.2 Å². The molecule has 1 aliphatic heterocycles. The lowest BCUT2D eigenvalue weighted by molar-refractivity contribution is -0.118. The van der Waals surface area contributed by atoms with Crippen LogP contribution in [-0.4, -0.2) is 32.7 Å². The molecule has 5 nitrogen and oxygen atoms in total. The van der Waals surface area contributed by atoms with Crippen molar-refractivity contribution < 1.29 is 13.2 Å². The maximum Gasteiger partial charge on any atom is 0.241 e. The Hall–Kier alpha value is -1.40. The summed E-state index contributed by atoms with van der Waals surface area (Å²) in [6.45, 7) is 2.48. The van der Waals surface area contributed by atoms with Gasteiger partial charge in [-0.1, -0.05) is 13.3 Å². The number of nitrogens with one attached hydrogen (secondary N) is 2. The highest BCUT2D eigenvalue weighted by molar-refractivity contribution is 7.91. The molecular formula is C14H20N2O3S. The molecule has 0 aliphatic carbocycles. The number of rotatable bonds is 4. The molecule has 1 atom stereocenters. The van der Waals surface area contributed by atoms with Crippen molar-refractivity contribution in [2.24, 2.45) is 0 Å². The van der Waals surface area contributed by atoms with Crippen LogP contribution < -0.4 is 10.6 Å². The van der Waals surface area contributed by atoms with Gasteiger partial charge in [0.2, 0.25) is 5.91 Å². The van der Waals surface area contributed by atoms with Crippen LogP contribution in [-0.2, 0) is 14.6 Å². The number of hydrogen-bond acceptors (Lipinski definition) is 4. The first-order chi connectivity index (χ1) is 9.53. The molecule has 1 aromatic rings. The summed E-state index contributed by atoms with van der Waals surface area (Å²) in [5.74, 6) is 0.0147. The number of benzene rings is 1. The van der Waals surface area contributed by atoms with E-state index in [4.69, 9.17) is 0 Å². The van der Waals surface area contributed by atoms with Gasteiger partial charge in [-0.25, -0.2) is 8.42 Å². The average Bonchev–Trinajstić information content (AvgIpc) is 2.48. The van der Waals surface area contributed by atoms with Crippen molar-refractivity contribution in [2.45, 2.75) is 37.1 Å². The minimum atomic E-state index is -3.19. The van der Waals surface area contributed by atoms with Crippen molar-refractivity contribution in [1.82, 2.24) is 5.32 Å². The van der Waals surface area contributed by atoms with Gasteiger partial charge >= 0.3 is 0 Å². The third-order valence-corrected chi connectivity index (χ3v) is 5.24. The molecule has 2 rings (SSSR count). The fourth-order valence-electron chi connectivity index (χ4n) is 2.22. The highest BCUT2D eigenvalue weighted by Crippen LogP contribution is 2.16. The summed E-state index contributed by atoms with van der Waals surface area (Å²) in [6.07, 6.45) is 3.00. The molecule has 110 valence electrons. The van der Waals surface area contributed by atoms with Gasteiger partial charge in [0, 0.05) is 5.69 Å². The van der Waals surface area contributed by atoms with Gasteiger partial charge < -0.3 is 10.6 Å². The van der Waals surface area contributed by atoms with Gasteiger partial charge in [-0.2, -0.15) is 0 Å². The van der Waals surface area contributed by atoms with E-state index in [-0.39, 0.29) is 22.6 Å². The van der Waals surface area contributed by atoms with Crippen LogP contribution in [0.25, 0.3) is 0 Å². The molecule has 1 aromatic carbocycles. The predicted octanol–water partition coefficient (Wildman–Crippen LogP) is 1.56. The van der Waals surface area contributed by atoms with Gasteiger partial charge in [-0.3, -0.25) is 4.79 Å². The minimum Gasteiger partial charge on any atom is -0.325 e. The first-order valence-electron chi connectivity index (χ1n) is 6.90. The van der Waals surface area contributed by atoms with Gasteiger partial charge in [0.1, 0.15) is 0 Å². The van der Waals surface area contributed by atoms with Crippen LogP contribution in [0.2, 0.25) is 0 Å². The maximum absolute atomic E-state index is 12.0. The Morgan fingerprint density at radius 2 is 2.00 bits per heavy atom. The molecule has 0 spiro atoms. The number of hydrogen-bond donors (Lipinski definition) is 2. The summed E-state index contributed by atoms with van der Waals surface area (Å²) >= 11 is 0. The molecule has 0 radical (unpaired) electrons. The largest absolute Gasteiger partial charge is 0.325 e. The second-order valence-electron chi connectivity index (χ2n) is 4.92. The van der Waals surface area contributed by atoms with Gasteiger partial charge in [0.15, 0.2) is 9.84 Å². The highest BCUT2D eigenvalue weighted by Gasteiger charge is 2.20. The first kappa shape index (κ1) is 15.0. The molecule has 6 heteroatoms. The highest BCUT2D eigenvalue weighted by atomic mass is 32.2. The SMILES string of the molecule is CCS(=O)(=O)c1ccc(NC(=O)C2CCCCN2)cc1. The molecule has 1 fully saturated rings. The topological polar surface area (TPSA) is 75.3 Å². The Bertz CT molecular complexity index is 561. The minimum absolute atomic E-state index is 0.0594. The molecule has 1 unspecified atom stereocenters. The van der Waals surface area contributed by atoms with Crippen molar-refractivity contribution in [3.05, 3.63) is 24.3 Å². The summed E-state index contributed by atoms with van der Waals surface area (Å²) in [6, 6.07) is 6.17. The lowest BCUT2D eigenvalue weighted by atomic mass is 10.0. The summed E-state index contributed by atoms with van der Waals surface area (Å²) in [5.41, 5.74) is 0.623. The zero-order valence-electron chi connectivity index (χ0n) is 11.6. The predicted molar refractivity (Wildman–Crippen MR) is 78.4 cm³/mol. The Kier molecular flexibility index (Phi) is 4.77. The molecule has 0 aromatic heterocycles. The summed E-state index contributed by atoms with van der Waals surface area (Å²) < 4.78 is 23.4. The van der Waals surface area contributed by atoms with Crippen LogP contribution in [0.3, 0.4) is 0 Å². The van der Waals surface area contributed by atoms with E-state index in [1.54, 1.807) is 19.1 Å². The normalized spacial score (nSPS) is 19.6. The lowest BCUT2D eigenvalue weighted by Gasteiger charge is -2.22. The number of carbonyl (C=O) groups excluding carboxylic acids is 1. The quantitative estimate of drug-likeness (QED) is 0.884. The second kappa shape index (κ2) is 6.37. The van der Waals surface area contributed by atoms with Gasteiger partial charge in [-0.15, -0.1) is 0 Å². The summed E-state index contributed by atoms with van der Waals surface area (Å²) in [4.78, 5) is 12.3. The van der Waals surface area contributed by atoms with Gasteiger partial charge in [0.25, 0.3) is 0 Å². The second-order valence-corrected chi connectivity index (χ2v) is 7.20. The number of sulfone groups is 1. The van der Waals surface area contributed by atoms with Crippen molar-refractivity contribution in [3.8, 4) is 0 Å². The standard InChI is InChI=1S/C14H20N2O3S/c1-2-20(18,19)12-8-6-11(7-9-12)16-14(17)13-5-3-4-10-15-13/h6-9,13,15H,2-5,10H2,1H3,(H,16,17). The van der Waals surface area contributed by atoms with E-state index in [0.717, 1.165) is 25.8 Å². The van der Waals surface area contributed by atoms with E-state index in [0.29, 0.717) is 5.69 Å². The number of piperidine rings is 1. The van der Waals surface area contributed by atoms with E-state index in [1.807, 2.05) is 0 Å². The van der Waals surface area contributed by atoms with Crippen LogP contribution in [0.5, 0.6) is 0 Å². The van der Waals surface area contributed by atoms with Crippen molar-refractivity contribution in [1.29, 1.82) is 0 Å². The Labute approximate surface area is 119 Å². The Morgan fingerprint density at radius 1 is 1.30 bits per heavy atom. The van der Waals surface area contributed by atoms with Crippen LogP contribution in [0.1, 0.15) is 26.2 Å². The van der Waals surface area contributed by atoms with Crippen molar-refractivity contribution in [3.63, 3.8) is 0 Å². The van der Waals surface area contributed by atoms with Crippen LogP contribution in [0.4, 0.5) is 5.69 Å². The van der Waals surface area contributed by atoms with E-state index in [9.17, 15) is 13.2 Å². The molecule has 2 N–H and O–H groups in total. The first-order valence-corrected chi connectivity index (χ1v) is 8.55. The van der Waals surface area contributed by atoms with Gasteiger partial charge in [-0.05, 0) is 43.7 Å². The van der Waals surface area contributed by atoms with Crippen LogP contribution >= 0.6 is 0 Å². The molecule has 20 heavy (non-hydrogen) atoms. The smallest absolute Gasteiger partial charge is 0.241 e. The van der Waals surface area contributed by atoms with E-state index >= 15 is 0 Å². The molecule has 1 aliphatic rings. The average molecular weight is 296 g/mol. The van der Waals surface area contributed by atoms with Gasteiger partial charge in [0.05, 0.1) is 16.7 Å². The third-order valence-electron chi connectivity index (χ3n) is 3.49. The molecule has 0 saturated carbocycles. The lowest BCUT2D eigenvalue weighted by Crippen LogP contribution is -2.43. The van der Waals surface area contributed by atoms with Crippen molar-refractivity contribution >= 4 is 21.4 Å². The number of amides is 1. The monoisotopic (exact) mass is 296 g/mol. The fourth-order valence-corrected chi connectivity index (χ4v) is 3.10. The molecule has 1 amide bonds. The third kappa shape index (κ3) is 3.58. The Balaban J connectivity index is 2.02. The molecule has 1 saturated heterocycles. The zero-order chi connectivity index (χ0) is 14.6.